The minimum absolute atomic E-state index is 0.0139. The van der Waals surface area contributed by atoms with Crippen molar-refractivity contribution in [1.82, 2.24) is 5.32 Å². The van der Waals surface area contributed by atoms with Gasteiger partial charge in [-0.3, -0.25) is 19.6 Å². The van der Waals surface area contributed by atoms with Gasteiger partial charge >= 0.3 is 12.1 Å². The molecule has 39 heavy (non-hydrogen) atoms. The van der Waals surface area contributed by atoms with Gasteiger partial charge < -0.3 is 19.5 Å². The number of rotatable bonds is 9. The minimum Gasteiger partial charge on any atom is -0.497 e. The number of nitrogens with one attached hydrogen (secondary N) is 3. The lowest BCUT2D eigenvalue weighted by atomic mass is 10.1. The van der Waals surface area contributed by atoms with Gasteiger partial charge in [0.15, 0.2) is 0 Å². The van der Waals surface area contributed by atoms with Crippen molar-refractivity contribution in [2.75, 3.05) is 30.9 Å². The van der Waals surface area contributed by atoms with Crippen LogP contribution in [0.25, 0.3) is 0 Å². The molecule has 0 aliphatic carbocycles. The second kappa shape index (κ2) is 12.4. The summed E-state index contributed by atoms with van der Waals surface area (Å²) in [6, 6.07) is 11.4. The van der Waals surface area contributed by atoms with Crippen LogP contribution in [-0.4, -0.2) is 53.1 Å². The summed E-state index contributed by atoms with van der Waals surface area (Å²) < 4.78 is 42.5. The van der Waals surface area contributed by atoms with Crippen molar-refractivity contribution in [3.63, 3.8) is 0 Å². The molecule has 12 nitrogen and oxygen atoms in total. The van der Waals surface area contributed by atoms with E-state index in [2.05, 4.69) is 14.8 Å². The van der Waals surface area contributed by atoms with Crippen LogP contribution in [-0.2, 0) is 19.5 Å². The Bertz CT molecular complexity index is 1510. The average Bonchev–Trinajstić information content (AvgIpc) is 3.24. The number of sulfonamides is 1. The fourth-order valence-electron chi connectivity index (χ4n) is 3.34. The lowest BCUT2D eigenvalue weighted by Crippen LogP contribution is -2.31. The predicted octanol–water partition coefficient (Wildman–Crippen LogP) is 3.79. The van der Waals surface area contributed by atoms with Crippen molar-refractivity contribution in [3.8, 4) is 5.75 Å². The lowest BCUT2D eigenvalue weighted by Gasteiger charge is -2.11. The van der Waals surface area contributed by atoms with Crippen LogP contribution in [0.2, 0.25) is 0 Å². The second-order valence-electron chi connectivity index (χ2n) is 7.74. The van der Waals surface area contributed by atoms with E-state index >= 15 is 0 Å². The number of hydrogen-bond donors (Lipinski definition) is 3. The molecule has 0 radical (unpaired) electrons. The SMILES string of the molecule is CCOC(=O)c1sc(NC(=O)c2cccc(NS(=O)(=O)c3ccc(OC)cc3)c2)c(C(=O)NC(=O)OC)c1C. The molecule has 0 aliphatic rings. The molecule has 0 saturated carbocycles. The van der Waals surface area contributed by atoms with Crippen molar-refractivity contribution >= 4 is 55.9 Å². The number of methoxy groups -OCH3 is 2. The van der Waals surface area contributed by atoms with Gasteiger partial charge in [0, 0.05) is 11.3 Å². The first-order valence-corrected chi connectivity index (χ1v) is 13.6. The molecule has 0 bridgehead atoms. The summed E-state index contributed by atoms with van der Waals surface area (Å²) in [4.78, 5) is 49.9. The van der Waals surface area contributed by atoms with E-state index in [4.69, 9.17) is 9.47 Å². The zero-order valence-electron chi connectivity index (χ0n) is 21.3. The number of carbonyl (C=O) groups is 4. The molecular weight excluding hydrogens is 550 g/mol. The van der Waals surface area contributed by atoms with Crippen LogP contribution in [0.3, 0.4) is 0 Å². The van der Waals surface area contributed by atoms with E-state index in [-0.39, 0.29) is 43.8 Å². The number of ether oxygens (including phenoxy) is 3. The number of thiophene rings is 1. The highest BCUT2D eigenvalue weighted by atomic mass is 32.2. The Balaban J connectivity index is 1.89. The number of hydrogen-bond acceptors (Lipinski definition) is 10. The Morgan fingerprint density at radius 1 is 0.974 bits per heavy atom. The molecule has 3 N–H and O–H groups in total. The van der Waals surface area contributed by atoms with Crippen LogP contribution >= 0.6 is 11.3 Å². The van der Waals surface area contributed by atoms with E-state index in [0.29, 0.717) is 5.75 Å². The Kier molecular flexibility index (Phi) is 9.27. The maximum absolute atomic E-state index is 13.1. The Morgan fingerprint density at radius 3 is 2.28 bits per heavy atom. The largest absolute Gasteiger partial charge is 0.497 e. The van der Waals surface area contributed by atoms with Crippen molar-refractivity contribution < 1.29 is 41.8 Å². The third-order valence-electron chi connectivity index (χ3n) is 5.21. The van der Waals surface area contributed by atoms with Crippen molar-refractivity contribution in [3.05, 3.63) is 70.1 Å². The monoisotopic (exact) mass is 575 g/mol. The number of amides is 3. The maximum atomic E-state index is 13.1. The minimum atomic E-state index is -3.97. The molecule has 0 unspecified atom stereocenters. The normalized spacial score (nSPS) is 10.8. The van der Waals surface area contributed by atoms with E-state index < -0.39 is 33.9 Å². The summed E-state index contributed by atoms with van der Waals surface area (Å²) in [5, 5.41) is 4.54. The van der Waals surface area contributed by atoms with E-state index in [1.54, 1.807) is 6.92 Å². The third-order valence-corrected chi connectivity index (χ3v) is 7.79. The van der Waals surface area contributed by atoms with Gasteiger partial charge in [-0.2, -0.15) is 0 Å². The molecule has 3 rings (SSSR count). The number of esters is 1. The topological polar surface area (TPSA) is 166 Å². The molecular formula is C25H25N3O9S2. The number of alkyl carbamates (subject to hydrolysis) is 1. The fourth-order valence-corrected chi connectivity index (χ4v) is 5.48. The Morgan fingerprint density at radius 2 is 1.67 bits per heavy atom. The van der Waals surface area contributed by atoms with Crippen molar-refractivity contribution in [2.45, 2.75) is 18.7 Å². The van der Waals surface area contributed by atoms with Gasteiger partial charge in [0.05, 0.1) is 31.3 Å². The molecule has 0 atom stereocenters. The molecule has 1 aromatic heterocycles. The van der Waals surface area contributed by atoms with Gasteiger partial charge in [-0.25, -0.2) is 18.0 Å². The first kappa shape index (κ1) is 29.1. The van der Waals surface area contributed by atoms with Gasteiger partial charge in [-0.1, -0.05) is 6.07 Å². The fraction of sp³-hybridized carbons (Fsp3) is 0.200. The van der Waals surface area contributed by atoms with Gasteiger partial charge in [0.2, 0.25) is 0 Å². The van der Waals surface area contributed by atoms with Gasteiger partial charge in [0.25, 0.3) is 21.8 Å². The average molecular weight is 576 g/mol. The highest BCUT2D eigenvalue weighted by molar-refractivity contribution is 7.92. The summed E-state index contributed by atoms with van der Waals surface area (Å²) in [6.07, 6.45) is -1.03. The second-order valence-corrected chi connectivity index (χ2v) is 10.4. The van der Waals surface area contributed by atoms with Crippen LogP contribution in [0.1, 0.15) is 42.9 Å². The van der Waals surface area contributed by atoms with E-state index in [1.165, 1.54) is 62.6 Å². The molecule has 0 spiro atoms. The Labute approximate surface area is 228 Å². The molecule has 0 fully saturated rings. The van der Waals surface area contributed by atoms with Gasteiger partial charge in [-0.05, 0) is 61.9 Å². The third kappa shape index (κ3) is 6.91. The first-order chi connectivity index (χ1) is 18.5. The predicted molar refractivity (Wildman–Crippen MR) is 143 cm³/mol. The molecule has 14 heteroatoms. The van der Waals surface area contributed by atoms with Crippen LogP contribution < -0.4 is 20.1 Å². The summed E-state index contributed by atoms with van der Waals surface area (Å²) in [6.45, 7) is 3.17. The number of benzene rings is 2. The highest BCUT2D eigenvalue weighted by Gasteiger charge is 2.28. The zero-order valence-corrected chi connectivity index (χ0v) is 22.9. The maximum Gasteiger partial charge on any atom is 0.413 e. The van der Waals surface area contributed by atoms with Gasteiger partial charge in [-0.15, -0.1) is 11.3 Å². The Hall–Kier alpha value is -4.43. The molecule has 0 aliphatic heterocycles. The highest BCUT2D eigenvalue weighted by Crippen LogP contribution is 2.34. The standard InChI is InChI=1S/C25H25N3O9S2/c1-5-37-24(31)20-14(2)19(22(30)27-25(32)36-4)23(38-20)26-21(29)15-7-6-8-16(13-15)28-39(33,34)18-11-9-17(35-3)10-12-18/h6-13,28H,5H2,1-4H3,(H,26,29)(H,27,30,32). The first-order valence-electron chi connectivity index (χ1n) is 11.3. The smallest absolute Gasteiger partial charge is 0.413 e. The summed E-state index contributed by atoms with van der Waals surface area (Å²) in [7, 11) is -1.44. The molecule has 3 aromatic rings. The quantitative estimate of drug-likeness (QED) is 0.322. The molecule has 206 valence electrons. The summed E-state index contributed by atoms with van der Waals surface area (Å²) in [5.74, 6) is -1.82. The molecule has 3 amide bonds. The van der Waals surface area contributed by atoms with Crippen LogP contribution in [0.5, 0.6) is 5.75 Å². The molecule has 0 saturated heterocycles. The van der Waals surface area contributed by atoms with Crippen molar-refractivity contribution in [2.24, 2.45) is 0 Å². The number of carbonyl (C=O) groups excluding carboxylic acids is 4. The lowest BCUT2D eigenvalue weighted by molar-refractivity contribution is 0.0531. The van der Waals surface area contributed by atoms with Crippen molar-refractivity contribution in [1.29, 1.82) is 0 Å². The summed E-state index contributed by atoms with van der Waals surface area (Å²) in [5.41, 5.74) is 0.221. The van der Waals surface area contributed by atoms with Gasteiger partial charge in [0.1, 0.15) is 15.6 Å². The number of anilines is 2. The van der Waals surface area contributed by atoms with E-state index in [1.807, 2.05) is 5.32 Å². The van der Waals surface area contributed by atoms with E-state index in [0.717, 1.165) is 18.4 Å². The number of imide groups is 1. The van der Waals surface area contributed by atoms with Crippen LogP contribution in [0.15, 0.2) is 53.4 Å². The van der Waals surface area contributed by atoms with E-state index in [9.17, 15) is 27.6 Å². The van der Waals surface area contributed by atoms with Crippen LogP contribution in [0, 0.1) is 6.92 Å². The molecule has 2 aromatic carbocycles. The molecule has 1 heterocycles. The van der Waals surface area contributed by atoms with Crippen LogP contribution in [0.4, 0.5) is 15.5 Å². The summed E-state index contributed by atoms with van der Waals surface area (Å²) >= 11 is 0.793. The zero-order chi connectivity index (χ0) is 28.7.